The Labute approximate surface area is 224 Å². The summed E-state index contributed by atoms with van der Waals surface area (Å²) in [7, 11) is 1.48. The van der Waals surface area contributed by atoms with Crippen LogP contribution in [0.1, 0.15) is 11.1 Å². The molecule has 0 fully saturated rings. The van der Waals surface area contributed by atoms with Crippen LogP contribution in [0, 0.1) is 25.0 Å². The Kier molecular flexibility index (Phi) is 8.92. The normalized spacial score (nSPS) is 10.9. The summed E-state index contributed by atoms with van der Waals surface area (Å²) in [4.78, 5) is 22.9. The summed E-state index contributed by atoms with van der Waals surface area (Å²) in [6.45, 7) is 0.225. The van der Waals surface area contributed by atoms with Crippen molar-refractivity contribution in [3.8, 4) is 17.6 Å². The van der Waals surface area contributed by atoms with Gasteiger partial charge in [0.15, 0.2) is 11.5 Å². The Hall–Kier alpha value is -3.33. The van der Waals surface area contributed by atoms with Crippen molar-refractivity contribution in [3.05, 3.63) is 95.0 Å². The summed E-state index contributed by atoms with van der Waals surface area (Å²) in [5, 5.41) is 23.4. The number of anilines is 1. The highest BCUT2D eigenvalue weighted by atomic mass is 127. The molecule has 0 aliphatic heterocycles. The summed E-state index contributed by atoms with van der Waals surface area (Å²) in [6, 6.07) is 16.1. The first kappa shape index (κ1) is 26.3. The van der Waals surface area contributed by atoms with Crippen molar-refractivity contribution in [1.82, 2.24) is 0 Å². The number of hydrogen-bond donors (Lipinski definition) is 1. The molecule has 3 aromatic carbocycles. The van der Waals surface area contributed by atoms with E-state index in [1.165, 1.54) is 25.3 Å². The largest absolute Gasteiger partial charge is 0.493 e. The van der Waals surface area contributed by atoms with Crippen LogP contribution >= 0.6 is 45.8 Å². The minimum atomic E-state index is -0.726. The molecule has 0 aliphatic carbocycles. The number of nitrogens with zero attached hydrogens (tertiary/aromatic N) is 2. The zero-order valence-corrected chi connectivity index (χ0v) is 21.7. The second kappa shape index (κ2) is 11.9. The molecule has 0 radical (unpaired) electrons. The lowest BCUT2D eigenvalue weighted by Gasteiger charge is -2.14. The Morgan fingerprint density at radius 2 is 1.94 bits per heavy atom. The zero-order chi connectivity index (χ0) is 25.5. The number of ether oxygens (including phenoxy) is 2. The Morgan fingerprint density at radius 3 is 2.57 bits per heavy atom. The minimum Gasteiger partial charge on any atom is -0.493 e. The van der Waals surface area contributed by atoms with Crippen molar-refractivity contribution < 1.29 is 19.2 Å². The van der Waals surface area contributed by atoms with Crippen LogP contribution in [0.15, 0.2) is 60.2 Å². The monoisotopic (exact) mass is 623 g/mol. The Morgan fingerprint density at radius 1 is 1.20 bits per heavy atom. The zero-order valence-electron chi connectivity index (χ0n) is 18.1. The van der Waals surface area contributed by atoms with Crippen molar-refractivity contribution in [2.45, 2.75) is 6.61 Å². The molecule has 35 heavy (non-hydrogen) atoms. The lowest BCUT2D eigenvalue weighted by molar-refractivity contribution is -0.384. The summed E-state index contributed by atoms with van der Waals surface area (Å²) < 4.78 is 12.1. The van der Waals surface area contributed by atoms with E-state index in [2.05, 4.69) is 27.9 Å². The van der Waals surface area contributed by atoms with Crippen LogP contribution in [0.25, 0.3) is 6.08 Å². The number of benzene rings is 3. The van der Waals surface area contributed by atoms with Crippen LogP contribution in [0.5, 0.6) is 11.5 Å². The van der Waals surface area contributed by atoms with E-state index in [-0.39, 0.29) is 28.6 Å². The Balaban J connectivity index is 1.83. The predicted molar refractivity (Wildman–Crippen MR) is 142 cm³/mol. The molecule has 0 bridgehead atoms. The first-order valence-corrected chi connectivity index (χ1v) is 11.7. The maximum Gasteiger partial charge on any atom is 0.271 e. The molecule has 0 aromatic heterocycles. The number of carbonyl (C=O) groups is 1. The standard InChI is InChI=1S/C24H16Cl2IN3O5/c1-34-22-10-14(9-20(27)23(22)35-13-15-4-2-3-5-18(15)25)8-16(12-28)24(31)29-21-7-6-17(30(32)33)11-19(21)26/h2-11H,13H2,1H3,(H,29,31)/b16-8+. The lowest BCUT2D eigenvalue weighted by atomic mass is 10.1. The first-order chi connectivity index (χ1) is 16.7. The van der Waals surface area contributed by atoms with Gasteiger partial charge in [0, 0.05) is 22.7 Å². The van der Waals surface area contributed by atoms with Gasteiger partial charge in [-0.05, 0) is 58.5 Å². The maximum atomic E-state index is 12.7. The van der Waals surface area contributed by atoms with Crippen molar-refractivity contribution in [2.75, 3.05) is 12.4 Å². The van der Waals surface area contributed by atoms with Gasteiger partial charge in [-0.3, -0.25) is 14.9 Å². The Bertz CT molecular complexity index is 1370. The van der Waals surface area contributed by atoms with Crippen LogP contribution < -0.4 is 14.8 Å². The maximum absolute atomic E-state index is 12.7. The van der Waals surface area contributed by atoms with Gasteiger partial charge < -0.3 is 14.8 Å². The highest BCUT2D eigenvalue weighted by Gasteiger charge is 2.16. The van der Waals surface area contributed by atoms with Gasteiger partial charge in [-0.15, -0.1) is 0 Å². The average molecular weight is 624 g/mol. The summed E-state index contributed by atoms with van der Waals surface area (Å²) in [6.07, 6.45) is 1.39. The molecule has 1 N–H and O–H groups in total. The third-order valence-electron chi connectivity index (χ3n) is 4.67. The van der Waals surface area contributed by atoms with E-state index in [1.807, 2.05) is 24.3 Å². The molecule has 0 atom stereocenters. The number of amides is 1. The molecule has 0 spiro atoms. The van der Waals surface area contributed by atoms with E-state index in [0.29, 0.717) is 25.7 Å². The second-order valence-electron chi connectivity index (χ2n) is 6.96. The number of hydrogen-bond acceptors (Lipinski definition) is 6. The molecule has 3 aromatic rings. The van der Waals surface area contributed by atoms with Gasteiger partial charge in [-0.25, -0.2) is 0 Å². The lowest BCUT2D eigenvalue weighted by Crippen LogP contribution is -2.13. The predicted octanol–water partition coefficient (Wildman–Crippen LogP) is 6.64. The average Bonchev–Trinajstić information content (AvgIpc) is 2.83. The number of nitriles is 1. The van der Waals surface area contributed by atoms with Gasteiger partial charge in [0.05, 0.1) is 26.3 Å². The number of halogens is 3. The van der Waals surface area contributed by atoms with Gasteiger partial charge in [0.25, 0.3) is 11.6 Å². The molecule has 11 heteroatoms. The van der Waals surface area contributed by atoms with Gasteiger partial charge in [-0.1, -0.05) is 41.4 Å². The highest BCUT2D eigenvalue weighted by Crippen LogP contribution is 2.36. The third-order valence-corrected chi connectivity index (χ3v) is 6.15. The van der Waals surface area contributed by atoms with Crippen molar-refractivity contribution >= 4 is 69.2 Å². The molecule has 0 unspecified atom stereocenters. The number of nitro benzene ring substituents is 1. The highest BCUT2D eigenvalue weighted by molar-refractivity contribution is 14.1. The van der Waals surface area contributed by atoms with Crippen LogP contribution in [0.2, 0.25) is 10.0 Å². The van der Waals surface area contributed by atoms with Crippen molar-refractivity contribution in [2.24, 2.45) is 0 Å². The van der Waals surface area contributed by atoms with E-state index >= 15 is 0 Å². The molecule has 178 valence electrons. The fourth-order valence-corrected chi connectivity index (χ4v) is 4.15. The minimum absolute atomic E-state index is 0.0268. The molecule has 1 amide bonds. The molecule has 8 nitrogen and oxygen atoms in total. The SMILES string of the molecule is COc1cc(/C=C(\C#N)C(=O)Nc2ccc([N+](=O)[O-])cc2Cl)cc(I)c1OCc1ccccc1Cl. The van der Waals surface area contributed by atoms with Crippen LogP contribution in [0.4, 0.5) is 11.4 Å². The van der Waals surface area contributed by atoms with Gasteiger partial charge in [-0.2, -0.15) is 5.26 Å². The van der Waals surface area contributed by atoms with Gasteiger partial charge in [0.1, 0.15) is 18.2 Å². The number of nitro groups is 1. The van der Waals surface area contributed by atoms with Crippen LogP contribution in [-0.4, -0.2) is 17.9 Å². The molecular weight excluding hydrogens is 608 g/mol. The molecular formula is C24H16Cl2IN3O5. The smallest absolute Gasteiger partial charge is 0.271 e. The van der Waals surface area contributed by atoms with Crippen molar-refractivity contribution in [1.29, 1.82) is 5.26 Å². The number of rotatable bonds is 8. The fraction of sp³-hybridized carbons (Fsp3) is 0.0833. The quantitative estimate of drug-likeness (QED) is 0.0989. The second-order valence-corrected chi connectivity index (χ2v) is 8.94. The van der Waals surface area contributed by atoms with Crippen LogP contribution in [-0.2, 0) is 11.4 Å². The molecule has 3 rings (SSSR count). The van der Waals surface area contributed by atoms with Gasteiger partial charge in [0.2, 0.25) is 0 Å². The topological polar surface area (TPSA) is 114 Å². The van der Waals surface area contributed by atoms with E-state index in [9.17, 15) is 20.2 Å². The fourth-order valence-electron chi connectivity index (χ4n) is 2.95. The number of carbonyl (C=O) groups excluding carboxylic acids is 1. The van der Waals surface area contributed by atoms with Gasteiger partial charge >= 0.3 is 0 Å². The van der Waals surface area contributed by atoms with Crippen molar-refractivity contribution in [3.63, 3.8) is 0 Å². The molecule has 0 heterocycles. The number of non-ortho nitro benzene ring substituents is 1. The summed E-state index contributed by atoms with van der Waals surface area (Å²) in [5.41, 5.74) is 1.05. The number of methoxy groups -OCH3 is 1. The van der Waals surface area contributed by atoms with E-state index in [4.69, 9.17) is 32.7 Å². The number of nitrogens with one attached hydrogen (secondary N) is 1. The molecule has 0 saturated carbocycles. The third kappa shape index (κ3) is 6.63. The van der Waals surface area contributed by atoms with E-state index in [1.54, 1.807) is 18.2 Å². The summed E-state index contributed by atoms with van der Waals surface area (Å²) in [5.74, 6) is 0.174. The summed E-state index contributed by atoms with van der Waals surface area (Å²) >= 11 is 14.3. The molecule has 0 aliphatic rings. The van der Waals surface area contributed by atoms with E-state index in [0.717, 1.165) is 11.6 Å². The van der Waals surface area contributed by atoms with Crippen LogP contribution in [0.3, 0.4) is 0 Å². The first-order valence-electron chi connectivity index (χ1n) is 9.84. The molecule has 0 saturated heterocycles. The van der Waals surface area contributed by atoms with E-state index < -0.39 is 10.8 Å².